The van der Waals surface area contributed by atoms with E-state index in [2.05, 4.69) is 0 Å². The fraction of sp³-hybridized carbons (Fsp3) is 0.417. The van der Waals surface area contributed by atoms with Crippen LogP contribution in [-0.2, 0) is 4.74 Å². The molecule has 2 nitrogen and oxygen atoms in total. The van der Waals surface area contributed by atoms with Crippen LogP contribution in [0.5, 0.6) is 0 Å². The van der Waals surface area contributed by atoms with Crippen LogP contribution in [0, 0.1) is 13.8 Å². The summed E-state index contributed by atoms with van der Waals surface area (Å²) in [5.41, 5.74) is 1.18. The predicted molar refractivity (Wildman–Crippen MR) is 61.4 cm³/mol. The molecule has 0 bridgehead atoms. The summed E-state index contributed by atoms with van der Waals surface area (Å²) >= 11 is 1.55. The molecule has 1 aliphatic heterocycles. The first-order valence-corrected chi connectivity index (χ1v) is 5.95. The van der Waals surface area contributed by atoms with Gasteiger partial charge in [-0.1, -0.05) is 0 Å². The number of rotatable bonds is 2. The van der Waals surface area contributed by atoms with Crippen molar-refractivity contribution in [2.45, 2.75) is 26.7 Å². The Morgan fingerprint density at radius 1 is 1.47 bits per heavy atom. The summed E-state index contributed by atoms with van der Waals surface area (Å²) in [5.74, 6) is 0.568. The number of aryl methyl sites for hydroxylation is 2. The van der Waals surface area contributed by atoms with E-state index >= 15 is 0 Å². The van der Waals surface area contributed by atoms with Gasteiger partial charge < -0.3 is 4.74 Å². The molecule has 2 heterocycles. The van der Waals surface area contributed by atoms with Gasteiger partial charge in [-0.3, -0.25) is 4.79 Å². The molecule has 0 N–H and O–H groups in total. The standard InChI is InChI=1S/C12H14O2S/c1-8-7-11(15-9(8)2)12(13)10-5-3-4-6-14-10/h5,7H,3-4,6H2,1-2H3. The molecule has 3 heteroatoms. The number of Topliss-reactive ketones (excluding diaryl/α,β-unsaturated/α-hetero) is 1. The van der Waals surface area contributed by atoms with E-state index < -0.39 is 0 Å². The highest BCUT2D eigenvalue weighted by Crippen LogP contribution is 2.24. The molecule has 1 aliphatic rings. The SMILES string of the molecule is Cc1cc(C(=O)C2=CCCCO2)sc1C. The molecule has 0 atom stereocenters. The van der Waals surface area contributed by atoms with Crippen molar-refractivity contribution in [2.75, 3.05) is 6.61 Å². The second-order valence-corrected chi connectivity index (χ2v) is 4.99. The predicted octanol–water partition coefficient (Wildman–Crippen LogP) is 3.24. The third-order valence-electron chi connectivity index (χ3n) is 2.55. The van der Waals surface area contributed by atoms with E-state index in [0.29, 0.717) is 12.4 Å². The van der Waals surface area contributed by atoms with Gasteiger partial charge in [-0.05, 0) is 44.4 Å². The van der Waals surface area contributed by atoms with Gasteiger partial charge in [-0.2, -0.15) is 0 Å². The minimum atomic E-state index is 0.0379. The van der Waals surface area contributed by atoms with E-state index in [9.17, 15) is 4.79 Å². The van der Waals surface area contributed by atoms with E-state index in [-0.39, 0.29) is 5.78 Å². The van der Waals surface area contributed by atoms with Crippen molar-refractivity contribution >= 4 is 17.1 Å². The van der Waals surface area contributed by atoms with Gasteiger partial charge in [0.05, 0.1) is 11.5 Å². The summed E-state index contributed by atoms with van der Waals surface area (Å²) in [4.78, 5) is 14.0. The molecular formula is C12H14O2S. The van der Waals surface area contributed by atoms with Crippen LogP contribution in [0.1, 0.15) is 33.0 Å². The maximum atomic E-state index is 12.0. The molecule has 2 rings (SSSR count). The van der Waals surface area contributed by atoms with Gasteiger partial charge in [0.25, 0.3) is 0 Å². The Balaban J connectivity index is 2.23. The van der Waals surface area contributed by atoms with Crippen LogP contribution < -0.4 is 0 Å². The summed E-state index contributed by atoms with van der Waals surface area (Å²) in [5, 5.41) is 0. The highest BCUT2D eigenvalue weighted by Gasteiger charge is 2.18. The number of ether oxygens (including phenoxy) is 1. The maximum Gasteiger partial charge on any atom is 0.237 e. The van der Waals surface area contributed by atoms with Crippen LogP contribution in [0.15, 0.2) is 17.9 Å². The van der Waals surface area contributed by atoms with Gasteiger partial charge >= 0.3 is 0 Å². The summed E-state index contributed by atoms with van der Waals surface area (Å²) in [7, 11) is 0. The fourth-order valence-corrected chi connectivity index (χ4v) is 2.50. The Morgan fingerprint density at radius 3 is 2.80 bits per heavy atom. The van der Waals surface area contributed by atoms with Crippen LogP contribution in [-0.4, -0.2) is 12.4 Å². The van der Waals surface area contributed by atoms with Crippen molar-refractivity contribution in [1.82, 2.24) is 0 Å². The van der Waals surface area contributed by atoms with Crippen molar-refractivity contribution in [2.24, 2.45) is 0 Å². The van der Waals surface area contributed by atoms with Crippen molar-refractivity contribution in [3.05, 3.63) is 33.2 Å². The lowest BCUT2D eigenvalue weighted by molar-refractivity contribution is 0.0903. The Bertz CT molecular complexity index is 396. The van der Waals surface area contributed by atoms with Crippen LogP contribution in [0.25, 0.3) is 0 Å². The van der Waals surface area contributed by atoms with Crippen molar-refractivity contribution in [1.29, 1.82) is 0 Å². The number of carbonyl (C=O) groups excluding carboxylic acids is 1. The number of hydrogen-bond acceptors (Lipinski definition) is 3. The zero-order chi connectivity index (χ0) is 10.8. The van der Waals surface area contributed by atoms with Crippen molar-refractivity contribution < 1.29 is 9.53 Å². The highest BCUT2D eigenvalue weighted by molar-refractivity contribution is 7.14. The van der Waals surface area contributed by atoms with Crippen LogP contribution in [0.4, 0.5) is 0 Å². The monoisotopic (exact) mass is 222 g/mol. The van der Waals surface area contributed by atoms with Gasteiger partial charge in [-0.25, -0.2) is 0 Å². The molecule has 0 fully saturated rings. The average Bonchev–Trinajstić information content (AvgIpc) is 2.59. The van der Waals surface area contributed by atoms with E-state index in [0.717, 1.165) is 17.7 Å². The highest BCUT2D eigenvalue weighted by atomic mass is 32.1. The molecule has 0 saturated heterocycles. The summed E-state index contributed by atoms with van der Waals surface area (Å²) in [6, 6.07) is 1.95. The fourth-order valence-electron chi connectivity index (χ4n) is 1.52. The minimum absolute atomic E-state index is 0.0379. The largest absolute Gasteiger partial charge is 0.490 e. The molecule has 0 saturated carbocycles. The quantitative estimate of drug-likeness (QED) is 0.718. The summed E-state index contributed by atoms with van der Waals surface area (Å²) in [6.07, 6.45) is 3.86. The van der Waals surface area contributed by atoms with E-state index in [1.165, 1.54) is 10.4 Å². The molecule has 0 spiro atoms. The first-order chi connectivity index (χ1) is 7.18. The number of ketones is 1. The Morgan fingerprint density at radius 2 is 2.27 bits per heavy atom. The van der Waals surface area contributed by atoms with E-state index in [4.69, 9.17) is 4.74 Å². The molecule has 1 aromatic heterocycles. The van der Waals surface area contributed by atoms with E-state index in [1.54, 1.807) is 11.3 Å². The topological polar surface area (TPSA) is 26.3 Å². The lowest BCUT2D eigenvalue weighted by atomic mass is 10.1. The smallest absolute Gasteiger partial charge is 0.237 e. The minimum Gasteiger partial charge on any atom is -0.490 e. The van der Waals surface area contributed by atoms with Crippen molar-refractivity contribution in [3.63, 3.8) is 0 Å². The summed E-state index contributed by atoms with van der Waals surface area (Å²) in [6.45, 7) is 4.73. The molecule has 0 aliphatic carbocycles. The number of carbonyl (C=O) groups is 1. The zero-order valence-electron chi connectivity index (χ0n) is 9.00. The third kappa shape index (κ3) is 2.12. The molecule has 1 aromatic rings. The summed E-state index contributed by atoms with van der Waals surface area (Å²) < 4.78 is 5.36. The molecular weight excluding hydrogens is 208 g/mol. The average molecular weight is 222 g/mol. The third-order valence-corrected chi connectivity index (χ3v) is 3.70. The first-order valence-electron chi connectivity index (χ1n) is 5.13. The molecule has 0 unspecified atom stereocenters. The van der Waals surface area contributed by atoms with Gasteiger partial charge in [0.15, 0.2) is 5.76 Å². The molecule has 80 valence electrons. The second kappa shape index (κ2) is 4.19. The van der Waals surface area contributed by atoms with Crippen LogP contribution in [0.2, 0.25) is 0 Å². The van der Waals surface area contributed by atoms with Gasteiger partial charge in [0.2, 0.25) is 5.78 Å². The maximum absolute atomic E-state index is 12.0. The van der Waals surface area contributed by atoms with Gasteiger partial charge in [0, 0.05) is 4.88 Å². The Kier molecular flexibility index (Phi) is 2.91. The number of hydrogen-bond donors (Lipinski definition) is 0. The van der Waals surface area contributed by atoms with Crippen LogP contribution >= 0.6 is 11.3 Å². The van der Waals surface area contributed by atoms with Gasteiger partial charge in [0.1, 0.15) is 0 Å². The first kappa shape index (κ1) is 10.4. The Hall–Kier alpha value is -1.09. The number of allylic oxidation sites excluding steroid dienone is 2. The molecule has 0 amide bonds. The molecule has 0 aromatic carbocycles. The van der Waals surface area contributed by atoms with Crippen molar-refractivity contribution in [3.8, 4) is 0 Å². The lowest BCUT2D eigenvalue weighted by Crippen LogP contribution is -2.10. The second-order valence-electron chi connectivity index (χ2n) is 3.74. The molecule has 0 radical (unpaired) electrons. The number of thiophene rings is 1. The normalized spacial score (nSPS) is 15.7. The van der Waals surface area contributed by atoms with Gasteiger partial charge in [-0.15, -0.1) is 11.3 Å². The van der Waals surface area contributed by atoms with E-state index in [1.807, 2.05) is 26.0 Å². The Labute approximate surface area is 93.6 Å². The lowest BCUT2D eigenvalue weighted by Gasteiger charge is -2.12. The zero-order valence-corrected chi connectivity index (χ0v) is 9.82. The molecule has 15 heavy (non-hydrogen) atoms. The van der Waals surface area contributed by atoms with Crippen LogP contribution in [0.3, 0.4) is 0 Å².